The van der Waals surface area contributed by atoms with E-state index in [2.05, 4.69) is 25.2 Å². The van der Waals surface area contributed by atoms with Crippen LogP contribution in [0.3, 0.4) is 0 Å². The van der Waals surface area contributed by atoms with Crippen LogP contribution in [0, 0.1) is 5.82 Å². The predicted octanol–water partition coefficient (Wildman–Crippen LogP) is 3.14. The number of nitrogens with zero attached hydrogens (tertiary/aromatic N) is 5. The van der Waals surface area contributed by atoms with Crippen LogP contribution < -0.4 is 10.2 Å². The lowest BCUT2D eigenvalue weighted by molar-refractivity contribution is 0.0952. The molecule has 1 amide bonds. The minimum absolute atomic E-state index is 0.172. The van der Waals surface area contributed by atoms with Crippen molar-refractivity contribution in [1.29, 1.82) is 0 Å². The number of carbonyl (C=O) groups excluding carboxylic acids is 1. The number of anilines is 2. The Morgan fingerprint density at radius 2 is 2.07 bits per heavy atom. The second kappa shape index (κ2) is 8.23. The largest absolute Gasteiger partial charge is 0.350 e. The molecule has 1 N–H and O–H groups in total. The first-order valence-corrected chi connectivity index (χ1v) is 11.2. The lowest BCUT2D eigenvalue weighted by atomic mass is 10.2. The number of thiazole rings is 1. The van der Waals surface area contributed by atoms with E-state index in [9.17, 15) is 9.18 Å². The van der Waals surface area contributed by atoms with E-state index in [4.69, 9.17) is 0 Å². The second-order valence-electron chi connectivity index (χ2n) is 7.70. The third kappa shape index (κ3) is 3.75. The third-order valence-electron chi connectivity index (χ3n) is 5.70. The van der Waals surface area contributed by atoms with Crippen molar-refractivity contribution >= 4 is 39.1 Å². The first kappa shape index (κ1) is 19.3. The van der Waals surface area contributed by atoms with Crippen molar-refractivity contribution in [2.45, 2.75) is 25.7 Å². The fraction of sp³-hybridized carbons (Fsp3) is 0.429. The molecule has 7 nitrogen and oxygen atoms in total. The summed E-state index contributed by atoms with van der Waals surface area (Å²) in [5, 5.41) is 3.37. The third-order valence-corrected chi connectivity index (χ3v) is 6.66. The van der Waals surface area contributed by atoms with Crippen molar-refractivity contribution in [3.63, 3.8) is 0 Å². The fourth-order valence-corrected chi connectivity index (χ4v) is 5.03. The van der Waals surface area contributed by atoms with Gasteiger partial charge in [0.15, 0.2) is 10.8 Å². The summed E-state index contributed by atoms with van der Waals surface area (Å²) in [7, 11) is 0. The first-order valence-electron chi connectivity index (χ1n) is 10.4. The van der Waals surface area contributed by atoms with Crippen LogP contribution >= 0.6 is 11.3 Å². The number of amides is 1. The Morgan fingerprint density at radius 3 is 2.93 bits per heavy atom. The SMILES string of the molecule is O=C(NCCCN1CCCC1)c1nc2c(N3CCc4cc(F)ccc43)ncnc2s1. The number of carbonyl (C=O) groups is 1. The molecule has 0 saturated carbocycles. The molecule has 1 aromatic carbocycles. The van der Waals surface area contributed by atoms with Gasteiger partial charge in [0.05, 0.1) is 0 Å². The molecule has 2 aliphatic heterocycles. The lowest BCUT2D eigenvalue weighted by Gasteiger charge is -2.18. The quantitative estimate of drug-likeness (QED) is 0.611. The molecule has 30 heavy (non-hydrogen) atoms. The molecule has 0 aliphatic carbocycles. The second-order valence-corrected chi connectivity index (χ2v) is 8.68. The van der Waals surface area contributed by atoms with Crippen LogP contribution in [-0.2, 0) is 6.42 Å². The Balaban J connectivity index is 1.31. The molecule has 2 aromatic heterocycles. The highest BCUT2D eigenvalue weighted by molar-refractivity contribution is 7.19. The summed E-state index contributed by atoms with van der Waals surface area (Å²) < 4.78 is 13.5. The van der Waals surface area contributed by atoms with E-state index in [0.717, 1.165) is 30.6 Å². The van der Waals surface area contributed by atoms with Crippen molar-refractivity contribution < 1.29 is 9.18 Å². The van der Waals surface area contributed by atoms with Gasteiger partial charge in [0.25, 0.3) is 5.91 Å². The van der Waals surface area contributed by atoms with Crippen molar-refractivity contribution in [3.05, 3.63) is 40.9 Å². The zero-order valence-corrected chi connectivity index (χ0v) is 17.4. The van der Waals surface area contributed by atoms with Gasteiger partial charge in [-0.2, -0.15) is 0 Å². The standard InChI is InChI=1S/C21H23FN6OS/c22-15-4-5-16-14(12-15)6-11-28(16)18-17-20(25-13-24-18)30-21(26-17)19(29)23-7-3-10-27-8-1-2-9-27/h4-5,12-13H,1-3,6-11H2,(H,23,29). The average molecular weight is 427 g/mol. The number of aromatic nitrogens is 3. The van der Waals surface area contributed by atoms with E-state index in [0.29, 0.717) is 34.3 Å². The summed E-state index contributed by atoms with van der Waals surface area (Å²) in [5.41, 5.74) is 2.49. The van der Waals surface area contributed by atoms with Crippen LogP contribution in [0.5, 0.6) is 0 Å². The van der Waals surface area contributed by atoms with Crippen LogP contribution in [0.25, 0.3) is 10.3 Å². The smallest absolute Gasteiger partial charge is 0.280 e. The zero-order valence-electron chi connectivity index (χ0n) is 16.6. The fourth-order valence-electron chi connectivity index (χ4n) is 4.21. The molecule has 3 aromatic rings. The van der Waals surface area contributed by atoms with Crippen LogP contribution in [0.4, 0.5) is 15.9 Å². The highest BCUT2D eigenvalue weighted by Crippen LogP contribution is 2.37. The van der Waals surface area contributed by atoms with Gasteiger partial charge in [-0.3, -0.25) is 4.79 Å². The molecule has 0 atom stereocenters. The van der Waals surface area contributed by atoms with E-state index < -0.39 is 0 Å². The number of benzene rings is 1. The maximum Gasteiger partial charge on any atom is 0.280 e. The van der Waals surface area contributed by atoms with E-state index in [1.807, 2.05) is 4.90 Å². The topological polar surface area (TPSA) is 74.2 Å². The Hall–Kier alpha value is -2.65. The molecule has 0 radical (unpaired) electrons. The highest BCUT2D eigenvalue weighted by Gasteiger charge is 2.26. The number of halogens is 1. The molecule has 156 valence electrons. The van der Waals surface area contributed by atoms with Gasteiger partial charge in [-0.05, 0) is 69.1 Å². The molecule has 0 bridgehead atoms. The van der Waals surface area contributed by atoms with Crippen LogP contribution in [0.2, 0.25) is 0 Å². The Morgan fingerprint density at radius 1 is 1.20 bits per heavy atom. The minimum Gasteiger partial charge on any atom is -0.350 e. The average Bonchev–Trinajstić information content (AvgIpc) is 3.49. The summed E-state index contributed by atoms with van der Waals surface area (Å²) in [4.78, 5) is 31.0. The van der Waals surface area contributed by atoms with Gasteiger partial charge in [0.2, 0.25) is 0 Å². The molecule has 5 rings (SSSR count). The summed E-state index contributed by atoms with van der Waals surface area (Å²) in [6.45, 7) is 4.68. The van der Waals surface area contributed by atoms with Gasteiger partial charge in [0.1, 0.15) is 22.5 Å². The predicted molar refractivity (Wildman–Crippen MR) is 115 cm³/mol. The van der Waals surface area contributed by atoms with E-state index >= 15 is 0 Å². The van der Waals surface area contributed by atoms with Gasteiger partial charge in [0, 0.05) is 18.8 Å². The Kier molecular flexibility index (Phi) is 5.30. The number of rotatable bonds is 6. The van der Waals surface area contributed by atoms with E-state index in [1.165, 1.54) is 49.7 Å². The van der Waals surface area contributed by atoms with Crippen molar-refractivity contribution in [2.24, 2.45) is 0 Å². The Bertz CT molecular complexity index is 1080. The molecule has 0 unspecified atom stereocenters. The van der Waals surface area contributed by atoms with Crippen LogP contribution in [0.15, 0.2) is 24.5 Å². The first-order chi connectivity index (χ1) is 14.7. The maximum absolute atomic E-state index is 13.5. The minimum atomic E-state index is -0.235. The monoisotopic (exact) mass is 426 g/mol. The van der Waals surface area contributed by atoms with Gasteiger partial charge in [-0.1, -0.05) is 11.3 Å². The number of hydrogen-bond acceptors (Lipinski definition) is 7. The van der Waals surface area contributed by atoms with Gasteiger partial charge >= 0.3 is 0 Å². The normalized spacial score (nSPS) is 16.4. The van der Waals surface area contributed by atoms with Crippen LogP contribution in [0.1, 0.15) is 34.6 Å². The lowest BCUT2D eigenvalue weighted by Crippen LogP contribution is -2.28. The Labute approximate surface area is 178 Å². The molecule has 1 saturated heterocycles. The van der Waals surface area contributed by atoms with Crippen molar-refractivity contribution in [1.82, 2.24) is 25.2 Å². The van der Waals surface area contributed by atoms with Gasteiger partial charge in [-0.15, -0.1) is 0 Å². The summed E-state index contributed by atoms with van der Waals surface area (Å²) in [5.74, 6) is 0.254. The van der Waals surface area contributed by atoms with Crippen molar-refractivity contribution in [3.8, 4) is 0 Å². The van der Waals surface area contributed by atoms with Gasteiger partial charge in [-0.25, -0.2) is 19.3 Å². The van der Waals surface area contributed by atoms with Crippen molar-refractivity contribution in [2.75, 3.05) is 37.6 Å². The summed E-state index contributed by atoms with van der Waals surface area (Å²) in [6, 6.07) is 4.79. The zero-order chi connectivity index (χ0) is 20.5. The highest BCUT2D eigenvalue weighted by atomic mass is 32.1. The van der Waals surface area contributed by atoms with Gasteiger partial charge < -0.3 is 15.1 Å². The number of likely N-dealkylation sites (tertiary alicyclic amines) is 1. The molecule has 4 heterocycles. The number of nitrogens with one attached hydrogen (secondary N) is 1. The molecular formula is C21H23FN6OS. The molecule has 9 heteroatoms. The number of fused-ring (bicyclic) bond motifs is 2. The number of hydrogen-bond donors (Lipinski definition) is 1. The molecule has 0 spiro atoms. The van der Waals surface area contributed by atoms with E-state index in [1.54, 1.807) is 12.1 Å². The molecule has 1 fully saturated rings. The molecule has 2 aliphatic rings. The van der Waals surface area contributed by atoms with Crippen LogP contribution in [-0.4, -0.2) is 58.5 Å². The molecular weight excluding hydrogens is 403 g/mol. The summed E-state index contributed by atoms with van der Waals surface area (Å²) in [6.07, 6.45) is 5.72. The maximum atomic E-state index is 13.5. The van der Waals surface area contributed by atoms with E-state index in [-0.39, 0.29) is 11.7 Å². The summed E-state index contributed by atoms with van der Waals surface area (Å²) >= 11 is 1.27.